The maximum absolute atomic E-state index is 6.07. The molecule has 1 heterocycles. The predicted molar refractivity (Wildman–Crippen MR) is 75.0 cm³/mol. The number of furan rings is 1. The lowest BCUT2D eigenvalue weighted by Crippen LogP contribution is -2.23. The van der Waals surface area contributed by atoms with Gasteiger partial charge in [-0.3, -0.25) is 0 Å². The number of nitrogens with one attached hydrogen (secondary N) is 1. The van der Waals surface area contributed by atoms with Crippen molar-refractivity contribution in [3.05, 3.63) is 58.5 Å². The van der Waals surface area contributed by atoms with Crippen molar-refractivity contribution in [1.29, 1.82) is 0 Å². The fourth-order valence-corrected chi connectivity index (χ4v) is 2.22. The van der Waals surface area contributed by atoms with Crippen LogP contribution < -0.4 is 5.32 Å². The van der Waals surface area contributed by atoms with Gasteiger partial charge in [0.2, 0.25) is 0 Å². The highest BCUT2D eigenvalue weighted by molar-refractivity contribution is 6.30. The van der Waals surface area contributed by atoms with Gasteiger partial charge in [-0.05, 0) is 49.2 Å². The van der Waals surface area contributed by atoms with E-state index in [4.69, 9.17) is 16.0 Å². The number of benzene rings is 1. The highest BCUT2D eigenvalue weighted by atomic mass is 35.5. The summed E-state index contributed by atoms with van der Waals surface area (Å²) >= 11 is 6.07. The molecule has 0 saturated heterocycles. The van der Waals surface area contributed by atoms with Gasteiger partial charge in [-0.1, -0.05) is 30.7 Å². The predicted octanol–water partition coefficient (Wildman–Crippen LogP) is 4.33. The Hall–Kier alpha value is -1.25. The number of rotatable bonds is 5. The molecule has 1 unspecified atom stereocenters. The molecule has 2 aromatic rings. The van der Waals surface area contributed by atoms with E-state index in [1.807, 2.05) is 24.3 Å². The zero-order valence-corrected chi connectivity index (χ0v) is 11.5. The van der Waals surface area contributed by atoms with Crippen LogP contribution in [-0.4, -0.2) is 6.54 Å². The van der Waals surface area contributed by atoms with Crippen molar-refractivity contribution in [2.75, 3.05) is 6.54 Å². The molecule has 3 heteroatoms. The van der Waals surface area contributed by atoms with Crippen molar-refractivity contribution in [1.82, 2.24) is 5.32 Å². The third kappa shape index (κ3) is 2.95. The molecule has 0 aliphatic heterocycles. The molecule has 0 radical (unpaired) electrons. The monoisotopic (exact) mass is 263 g/mol. The lowest BCUT2D eigenvalue weighted by molar-refractivity contribution is 0.444. The highest BCUT2D eigenvalue weighted by Gasteiger charge is 2.18. The Morgan fingerprint density at radius 1 is 1.33 bits per heavy atom. The molecule has 0 fully saturated rings. The molecule has 0 bridgehead atoms. The number of aryl methyl sites for hydroxylation is 1. The van der Waals surface area contributed by atoms with E-state index in [-0.39, 0.29) is 6.04 Å². The molecule has 1 aromatic carbocycles. The standard InChI is InChI=1S/C15H18ClNO/c1-3-8-17-14(15-11(2)7-9-18-15)12-5-4-6-13(16)10-12/h4-7,9-10,14,17H,3,8H2,1-2H3. The maximum Gasteiger partial charge on any atom is 0.128 e. The van der Waals surface area contributed by atoms with Gasteiger partial charge >= 0.3 is 0 Å². The Kier molecular flexibility index (Phi) is 4.45. The van der Waals surface area contributed by atoms with Crippen molar-refractivity contribution in [3.63, 3.8) is 0 Å². The minimum absolute atomic E-state index is 0.0682. The van der Waals surface area contributed by atoms with Crippen LogP contribution in [0.1, 0.15) is 36.3 Å². The summed E-state index contributed by atoms with van der Waals surface area (Å²) in [6.07, 6.45) is 2.81. The molecule has 2 rings (SSSR count). The van der Waals surface area contributed by atoms with E-state index in [0.717, 1.165) is 34.9 Å². The zero-order valence-electron chi connectivity index (χ0n) is 10.7. The van der Waals surface area contributed by atoms with Crippen LogP contribution in [0.15, 0.2) is 41.0 Å². The molecule has 1 aromatic heterocycles. The Labute approximate surface area is 113 Å². The van der Waals surface area contributed by atoms with Crippen molar-refractivity contribution in [2.24, 2.45) is 0 Å². The second-order valence-electron chi connectivity index (χ2n) is 4.41. The van der Waals surface area contributed by atoms with Crippen LogP contribution >= 0.6 is 11.6 Å². The zero-order chi connectivity index (χ0) is 13.0. The van der Waals surface area contributed by atoms with Crippen LogP contribution in [0.3, 0.4) is 0 Å². The first-order valence-electron chi connectivity index (χ1n) is 6.25. The summed E-state index contributed by atoms with van der Waals surface area (Å²) in [4.78, 5) is 0. The van der Waals surface area contributed by atoms with Crippen LogP contribution in [0, 0.1) is 6.92 Å². The third-order valence-corrected chi connectivity index (χ3v) is 3.18. The Morgan fingerprint density at radius 3 is 2.78 bits per heavy atom. The van der Waals surface area contributed by atoms with E-state index < -0.39 is 0 Å². The molecule has 18 heavy (non-hydrogen) atoms. The quantitative estimate of drug-likeness (QED) is 0.869. The summed E-state index contributed by atoms with van der Waals surface area (Å²) in [6.45, 7) is 5.15. The molecular formula is C15H18ClNO. The molecule has 96 valence electrons. The summed E-state index contributed by atoms with van der Waals surface area (Å²) in [7, 11) is 0. The van der Waals surface area contributed by atoms with Gasteiger partial charge < -0.3 is 9.73 Å². The van der Waals surface area contributed by atoms with Crippen LogP contribution in [0.4, 0.5) is 0 Å². The Balaban J connectivity index is 2.33. The topological polar surface area (TPSA) is 25.2 Å². The molecule has 0 aliphatic rings. The van der Waals surface area contributed by atoms with E-state index >= 15 is 0 Å². The van der Waals surface area contributed by atoms with Crippen LogP contribution in [-0.2, 0) is 0 Å². The first-order valence-corrected chi connectivity index (χ1v) is 6.63. The second-order valence-corrected chi connectivity index (χ2v) is 4.85. The van der Waals surface area contributed by atoms with E-state index in [2.05, 4.69) is 25.2 Å². The van der Waals surface area contributed by atoms with Gasteiger partial charge in [-0.2, -0.15) is 0 Å². The van der Waals surface area contributed by atoms with Crippen LogP contribution in [0.5, 0.6) is 0 Å². The minimum Gasteiger partial charge on any atom is -0.467 e. The normalized spacial score (nSPS) is 12.6. The summed E-state index contributed by atoms with van der Waals surface area (Å²) in [5.41, 5.74) is 2.29. The molecule has 1 atom stereocenters. The van der Waals surface area contributed by atoms with Crippen LogP contribution in [0.25, 0.3) is 0 Å². The first kappa shape index (κ1) is 13.2. The minimum atomic E-state index is 0.0682. The molecule has 0 saturated carbocycles. The lowest BCUT2D eigenvalue weighted by Gasteiger charge is -2.18. The summed E-state index contributed by atoms with van der Waals surface area (Å²) in [5.74, 6) is 0.964. The smallest absolute Gasteiger partial charge is 0.128 e. The van der Waals surface area contributed by atoms with Gasteiger partial charge in [0.05, 0.1) is 12.3 Å². The molecule has 2 nitrogen and oxygen atoms in total. The van der Waals surface area contributed by atoms with Crippen molar-refractivity contribution in [3.8, 4) is 0 Å². The van der Waals surface area contributed by atoms with Crippen molar-refractivity contribution < 1.29 is 4.42 Å². The summed E-state index contributed by atoms with van der Waals surface area (Å²) < 4.78 is 5.61. The van der Waals surface area contributed by atoms with Crippen LogP contribution in [0.2, 0.25) is 5.02 Å². The highest BCUT2D eigenvalue weighted by Crippen LogP contribution is 2.27. The summed E-state index contributed by atoms with van der Waals surface area (Å²) in [5, 5.41) is 4.25. The molecular weight excluding hydrogens is 246 g/mol. The summed E-state index contributed by atoms with van der Waals surface area (Å²) in [6, 6.07) is 9.96. The molecule has 0 aliphatic carbocycles. The van der Waals surface area contributed by atoms with Gasteiger partial charge in [0, 0.05) is 5.02 Å². The molecule has 1 N–H and O–H groups in total. The van der Waals surface area contributed by atoms with Gasteiger partial charge in [0.15, 0.2) is 0 Å². The average molecular weight is 264 g/mol. The number of hydrogen-bond acceptors (Lipinski definition) is 2. The van der Waals surface area contributed by atoms with Crippen molar-refractivity contribution in [2.45, 2.75) is 26.3 Å². The van der Waals surface area contributed by atoms with E-state index in [9.17, 15) is 0 Å². The lowest BCUT2D eigenvalue weighted by atomic mass is 10.0. The third-order valence-electron chi connectivity index (χ3n) is 2.94. The van der Waals surface area contributed by atoms with Gasteiger partial charge in [0.25, 0.3) is 0 Å². The van der Waals surface area contributed by atoms with Gasteiger partial charge in [0.1, 0.15) is 5.76 Å². The number of hydrogen-bond donors (Lipinski definition) is 1. The average Bonchev–Trinajstić information content (AvgIpc) is 2.77. The number of halogens is 1. The Bertz CT molecular complexity index is 507. The largest absolute Gasteiger partial charge is 0.467 e. The van der Waals surface area contributed by atoms with Crippen molar-refractivity contribution >= 4 is 11.6 Å². The maximum atomic E-state index is 6.07. The molecule has 0 amide bonds. The second kappa shape index (κ2) is 6.07. The van der Waals surface area contributed by atoms with Gasteiger partial charge in [-0.15, -0.1) is 0 Å². The Morgan fingerprint density at radius 2 is 2.17 bits per heavy atom. The van der Waals surface area contributed by atoms with E-state index in [1.54, 1.807) is 6.26 Å². The fraction of sp³-hybridized carbons (Fsp3) is 0.333. The van der Waals surface area contributed by atoms with Gasteiger partial charge in [-0.25, -0.2) is 0 Å². The molecule has 0 spiro atoms. The van der Waals surface area contributed by atoms with E-state index in [1.165, 1.54) is 0 Å². The SMILES string of the molecule is CCCNC(c1cccc(Cl)c1)c1occc1C. The fourth-order valence-electron chi connectivity index (χ4n) is 2.02. The first-order chi connectivity index (χ1) is 8.72. The van der Waals surface area contributed by atoms with E-state index in [0.29, 0.717) is 0 Å².